The molecule has 0 aliphatic carbocycles. The Kier molecular flexibility index (Phi) is 6.41. The Morgan fingerprint density at radius 1 is 1.24 bits per heavy atom. The molecule has 1 fully saturated rings. The highest BCUT2D eigenvalue weighted by atomic mass is 35.5. The van der Waals surface area contributed by atoms with Crippen molar-refractivity contribution in [2.45, 2.75) is 31.3 Å². The van der Waals surface area contributed by atoms with Crippen molar-refractivity contribution in [3.63, 3.8) is 0 Å². The molecule has 34 heavy (non-hydrogen) atoms. The molecule has 0 radical (unpaired) electrons. The molecule has 1 saturated heterocycles. The van der Waals surface area contributed by atoms with Crippen molar-refractivity contribution in [3.8, 4) is 11.4 Å². The van der Waals surface area contributed by atoms with Crippen LogP contribution in [-0.4, -0.2) is 49.2 Å². The average molecular weight is 501 g/mol. The zero-order valence-electron chi connectivity index (χ0n) is 17.3. The van der Waals surface area contributed by atoms with Crippen molar-refractivity contribution in [3.05, 3.63) is 52.8 Å². The van der Waals surface area contributed by atoms with E-state index in [4.69, 9.17) is 21.2 Å². The fraction of sp³-hybridized carbons (Fsp3) is 0.350. The Balaban J connectivity index is 1.39. The maximum absolute atomic E-state index is 15.7. The van der Waals surface area contributed by atoms with Gasteiger partial charge in [0.2, 0.25) is 5.82 Å². The summed E-state index contributed by atoms with van der Waals surface area (Å²) in [7, 11) is 0. The van der Waals surface area contributed by atoms with E-state index in [1.54, 1.807) is 0 Å². The number of aliphatic hydroxyl groups excluding tert-OH is 1. The predicted molar refractivity (Wildman–Crippen MR) is 110 cm³/mol. The summed E-state index contributed by atoms with van der Waals surface area (Å²) in [5, 5.41) is 15.2. The van der Waals surface area contributed by atoms with Gasteiger partial charge in [0.15, 0.2) is 5.67 Å². The maximum atomic E-state index is 15.7. The number of alkyl halides is 4. The highest BCUT2D eigenvalue weighted by Crippen LogP contribution is 2.40. The van der Waals surface area contributed by atoms with Gasteiger partial charge in [-0.15, -0.1) is 0 Å². The first kappa shape index (κ1) is 23.8. The molecule has 3 aromatic heterocycles. The van der Waals surface area contributed by atoms with E-state index in [-0.39, 0.29) is 54.2 Å². The summed E-state index contributed by atoms with van der Waals surface area (Å²) >= 11 is 6.27. The highest BCUT2D eigenvalue weighted by molar-refractivity contribution is 6.31. The molecule has 0 atom stereocenters. The van der Waals surface area contributed by atoms with Gasteiger partial charge in [-0.2, -0.15) is 18.2 Å². The first-order valence-corrected chi connectivity index (χ1v) is 10.3. The van der Waals surface area contributed by atoms with E-state index in [0.717, 1.165) is 12.1 Å². The van der Waals surface area contributed by atoms with Crippen LogP contribution >= 0.6 is 11.6 Å². The monoisotopic (exact) mass is 500 g/mol. The smallest absolute Gasteiger partial charge is 0.387 e. The van der Waals surface area contributed by atoms with Gasteiger partial charge in [-0.1, -0.05) is 16.8 Å². The Bertz CT molecular complexity index is 1180. The second-order valence-electron chi connectivity index (χ2n) is 7.54. The van der Waals surface area contributed by atoms with Gasteiger partial charge >= 0.3 is 12.2 Å². The molecule has 2 amide bonds. The number of aromatic nitrogens is 4. The number of amides is 2. The molecule has 0 spiro atoms. The number of hydrogen-bond donors (Lipinski definition) is 2. The summed E-state index contributed by atoms with van der Waals surface area (Å²) < 4.78 is 58.4. The lowest BCUT2D eigenvalue weighted by molar-refractivity contribution is -0.137. The number of rotatable bonds is 4. The number of nitrogens with one attached hydrogen (secondary N) is 1. The van der Waals surface area contributed by atoms with Gasteiger partial charge in [-0.05, 0) is 18.2 Å². The third-order valence-corrected chi connectivity index (χ3v) is 5.58. The molecule has 180 valence electrons. The van der Waals surface area contributed by atoms with Gasteiger partial charge < -0.3 is 14.5 Å². The normalized spacial score (nSPS) is 15.9. The fourth-order valence-corrected chi connectivity index (χ4v) is 3.79. The number of carbonyl (C=O) groups excluding carboxylic acids is 1. The molecule has 0 unspecified atom stereocenters. The minimum Gasteiger partial charge on any atom is -0.387 e. The molecule has 14 heteroatoms. The summed E-state index contributed by atoms with van der Waals surface area (Å²) in [6, 6.07) is 2.68. The number of hydrogen-bond acceptors (Lipinski definition) is 7. The van der Waals surface area contributed by atoms with E-state index in [9.17, 15) is 18.0 Å². The molecular formula is C20H17ClF4N6O3. The van der Waals surface area contributed by atoms with Crippen molar-refractivity contribution in [2.75, 3.05) is 18.4 Å². The lowest BCUT2D eigenvalue weighted by atomic mass is 9.89. The molecule has 0 aromatic carbocycles. The van der Waals surface area contributed by atoms with Gasteiger partial charge in [-0.25, -0.2) is 14.2 Å². The lowest BCUT2D eigenvalue weighted by Gasteiger charge is -2.36. The molecule has 4 heterocycles. The molecular weight excluding hydrogens is 484 g/mol. The van der Waals surface area contributed by atoms with Gasteiger partial charge in [0, 0.05) is 43.9 Å². The zero-order valence-corrected chi connectivity index (χ0v) is 18.1. The predicted octanol–water partition coefficient (Wildman–Crippen LogP) is 4.18. The van der Waals surface area contributed by atoms with Crippen LogP contribution in [0.1, 0.15) is 30.0 Å². The molecule has 3 aromatic rings. The van der Waals surface area contributed by atoms with Crippen molar-refractivity contribution in [1.29, 1.82) is 0 Å². The van der Waals surface area contributed by atoms with E-state index in [1.165, 1.54) is 17.2 Å². The van der Waals surface area contributed by atoms with Crippen LogP contribution in [-0.2, 0) is 18.5 Å². The van der Waals surface area contributed by atoms with E-state index in [2.05, 4.69) is 25.4 Å². The zero-order chi connectivity index (χ0) is 24.5. The van der Waals surface area contributed by atoms with Gasteiger partial charge in [-0.3, -0.25) is 10.3 Å². The molecule has 1 aliphatic rings. The van der Waals surface area contributed by atoms with Crippen LogP contribution in [0.3, 0.4) is 0 Å². The number of urea groups is 1. The molecule has 0 saturated carbocycles. The maximum Gasteiger partial charge on any atom is 0.417 e. The van der Waals surface area contributed by atoms with Crippen LogP contribution < -0.4 is 5.32 Å². The van der Waals surface area contributed by atoms with Crippen molar-refractivity contribution in [1.82, 2.24) is 25.0 Å². The van der Waals surface area contributed by atoms with Crippen LogP contribution in [0.15, 0.2) is 35.1 Å². The van der Waals surface area contributed by atoms with Gasteiger partial charge in [0.1, 0.15) is 12.4 Å². The summed E-state index contributed by atoms with van der Waals surface area (Å²) in [5.74, 6) is 0.0942. The van der Waals surface area contributed by atoms with Crippen LogP contribution in [0.25, 0.3) is 11.4 Å². The summed E-state index contributed by atoms with van der Waals surface area (Å²) in [6.07, 6.45) is -2.76. The SMILES string of the molecule is O=C(Nc1ccc(C(F)(F)F)cn1)N1CCC(F)(c2ncc(-c3noc(CO)n3)cc2Cl)CC1. The minimum absolute atomic E-state index is 0.00765. The lowest BCUT2D eigenvalue weighted by Crippen LogP contribution is -2.45. The summed E-state index contributed by atoms with van der Waals surface area (Å²) in [5.41, 5.74) is -2.45. The van der Waals surface area contributed by atoms with Gasteiger partial charge in [0.25, 0.3) is 5.89 Å². The van der Waals surface area contributed by atoms with Crippen molar-refractivity contribution >= 4 is 23.4 Å². The Morgan fingerprint density at radius 3 is 2.53 bits per heavy atom. The van der Waals surface area contributed by atoms with E-state index in [1.807, 2.05) is 0 Å². The minimum atomic E-state index is -4.53. The number of aliphatic hydroxyl groups is 1. The second-order valence-corrected chi connectivity index (χ2v) is 7.94. The van der Waals surface area contributed by atoms with Crippen LogP contribution in [0.4, 0.5) is 28.2 Å². The number of carbonyl (C=O) groups is 1. The van der Waals surface area contributed by atoms with Crippen molar-refractivity contribution in [2.24, 2.45) is 0 Å². The third-order valence-electron chi connectivity index (χ3n) is 5.30. The number of piperidine rings is 1. The van der Waals surface area contributed by atoms with Crippen molar-refractivity contribution < 1.29 is 32.0 Å². The van der Waals surface area contributed by atoms with Crippen LogP contribution in [0, 0.1) is 0 Å². The van der Waals surface area contributed by atoms with Crippen LogP contribution in [0.5, 0.6) is 0 Å². The Morgan fingerprint density at radius 2 is 1.97 bits per heavy atom. The molecule has 2 N–H and O–H groups in total. The summed E-state index contributed by atoms with van der Waals surface area (Å²) in [6.45, 7) is -0.389. The molecule has 4 rings (SSSR count). The molecule has 0 bridgehead atoms. The Labute approximate surface area is 194 Å². The Hall–Kier alpha value is -3.32. The first-order chi connectivity index (χ1) is 16.1. The second kappa shape index (κ2) is 9.14. The fourth-order valence-electron chi connectivity index (χ4n) is 3.45. The highest BCUT2D eigenvalue weighted by Gasteiger charge is 2.40. The average Bonchev–Trinajstić information content (AvgIpc) is 3.28. The number of halogens is 5. The van der Waals surface area contributed by atoms with Gasteiger partial charge in [0.05, 0.1) is 16.3 Å². The third kappa shape index (κ3) is 4.94. The largest absolute Gasteiger partial charge is 0.417 e. The number of nitrogens with zero attached hydrogens (tertiary/aromatic N) is 5. The quantitative estimate of drug-likeness (QED) is 0.516. The molecule has 9 nitrogen and oxygen atoms in total. The number of pyridine rings is 2. The topological polar surface area (TPSA) is 117 Å². The number of likely N-dealkylation sites (tertiary alicyclic amines) is 1. The van der Waals surface area contributed by atoms with E-state index < -0.39 is 30.0 Å². The first-order valence-electron chi connectivity index (χ1n) is 9.97. The summed E-state index contributed by atoms with van der Waals surface area (Å²) in [4.78, 5) is 25.5. The standard InChI is InChI=1S/C20H17ClF4N6O3/c21-13-7-11(17-29-15(10-32)34-30-17)8-27-16(13)19(22)3-5-31(6-4-19)18(33)28-14-2-1-12(9-26-14)20(23,24)25/h1-2,7-9,32H,3-6,10H2,(H,26,28,33). The number of anilines is 1. The van der Waals surface area contributed by atoms with E-state index >= 15 is 4.39 Å². The van der Waals surface area contributed by atoms with Crippen LogP contribution in [0.2, 0.25) is 5.02 Å². The van der Waals surface area contributed by atoms with E-state index in [0.29, 0.717) is 11.8 Å². The molecule has 1 aliphatic heterocycles.